The topological polar surface area (TPSA) is 17.1 Å². The highest BCUT2D eigenvalue weighted by Gasteiger charge is 2.07. The zero-order chi connectivity index (χ0) is 14.3. The molecule has 0 aromatic heterocycles. The summed E-state index contributed by atoms with van der Waals surface area (Å²) in [6.07, 6.45) is 13.1. The molecule has 0 aliphatic heterocycles. The Kier molecular flexibility index (Phi) is 15.7. The maximum atomic E-state index is 11.6. The lowest BCUT2D eigenvalue weighted by atomic mass is 10.1. The first-order chi connectivity index (χ1) is 9.20. The second-order valence-electron chi connectivity index (χ2n) is 5.24. The van der Waals surface area contributed by atoms with Crippen molar-refractivity contribution in [2.75, 3.05) is 17.4 Å². The summed E-state index contributed by atoms with van der Waals surface area (Å²) in [7, 11) is -0.779. The third-order valence-electron chi connectivity index (χ3n) is 3.26. The summed E-state index contributed by atoms with van der Waals surface area (Å²) in [5.74, 6) is 1.73. The minimum atomic E-state index is -0.779. The number of halogens is 2. The molecule has 0 bridgehead atoms. The second-order valence-corrected chi connectivity index (χ2v) is 7.79. The van der Waals surface area contributed by atoms with Gasteiger partial charge in [-0.15, -0.1) is 23.2 Å². The number of unbranched alkanes of at least 4 members (excludes halogenated alkanes) is 9. The monoisotopic (exact) mass is 328 g/mol. The Bertz CT molecular complexity index is 212. The zero-order valence-electron chi connectivity index (χ0n) is 12.3. The van der Waals surface area contributed by atoms with Gasteiger partial charge in [-0.2, -0.15) is 0 Å². The van der Waals surface area contributed by atoms with Crippen LogP contribution in [0.1, 0.15) is 71.1 Å². The fourth-order valence-electron chi connectivity index (χ4n) is 2.08. The van der Waals surface area contributed by atoms with Crippen molar-refractivity contribution < 1.29 is 4.21 Å². The number of hydrogen-bond donors (Lipinski definition) is 0. The van der Waals surface area contributed by atoms with E-state index < -0.39 is 10.8 Å². The van der Waals surface area contributed by atoms with Gasteiger partial charge in [0.05, 0.1) is 5.38 Å². The van der Waals surface area contributed by atoms with Crippen LogP contribution in [-0.4, -0.2) is 27.0 Å². The molecule has 0 spiro atoms. The van der Waals surface area contributed by atoms with Crippen LogP contribution in [0.25, 0.3) is 0 Å². The molecule has 0 radical (unpaired) electrons. The number of alkyl halides is 2. The highest BCUT2D eigenvalue weighted by molar-refractivity contribution is 7.85. The largest absolute Gasteiger partial charge is 0.260 e. The van der Waals surface area contributed by atoms with Gasteiger partial charge in [-0.3, -0.25) is 4.21 Å². The first-order valence-corrected chi connectivity index (χ1v) is 10.2. The first kappa shape index (κ1) is 19.7. The lowest BCUT2D eigenvalue weighted by molar-refractivity contribution is 0.562. The predicted octanol–water partition coefficient (Wildman–Crippen LogP) is 5.50. The van der Waals surface area contributed by atoms with Gasteiger partial charge in [-0.25, -0.2) is 0 Å². The van der Waals surface area contributed by atoms with Gasteiger partial charge in [0.1, 0.15) is 0 Å². The Hall–Kier alpha value is 0.730. The molecule has 2 atom stereocenters. The Morgan fingerprint density at radius 3 is 1.84 bits per heavy atom. The van der Waals surface area contributed by atoms with Crippen LogP contribution < -0.4 is 0 Å². The summed E-state index contributed by atoms with van der Waals surface area (Å²) in [4.78, 5) is 0. The maximum Gasteiger partial charge on any atom is 0.0586 e. The van der Waals surface area contributed by atoms with Gasteiger partial charge in [0.25, 0.3) is 0 Å². The van der Waals surface area contributed by atoms with Crippen LogP contribution in [0.15, 0.2) is 0 Å². The van der Waals surface area contributed by atoms with E-state index in [0.29, 0.717) is 11.6 Å². The van der Waals surface area contributed by atoms with Crippen molar-refractivity contribution in [2.45, 2.75) is 76.5 Å². The van der Waals surface area contributed by atoms with Crippen LogP contribution >= 0.6 is 23.2 Å². The van der Waals surface area contributed by atoms with Crippen molar-refractivity contribution in [3.63, 3.8) is 0 Å². The third-order valence-corrected chi connectivity index (χ3v) is 5.80. The summed E-state index contributed by atoms with van der Waals surface area (Å²) < 4.78 is 11.6. The van der Waals surface area contributed by atoms with Crippen LogP contribution in [0.2, 0.25) is 0 Å². The van der Waals surface area contributed by atoms with E-state index in [0.717, 1.165) is 12.2 Å². The van der Waals surface area contributed by atoms with Crippen LogP contribution in [0.5, 0.6) is 0 Å². The van der Waals surface area contributed by atoms with Gasteiger partial charge < -0.3 is 0 Å². The first-order valence-electron chi connectivity index (χ1n) is 7.75. The number of rotatable bonds is 14. The van der Waals surface area contributed by atoms with E-state index in [9.17, 15) is 4.21 Å². The Morgan fingerprint density at radius 1 is 0.895 bits per heavy atom. The summed E-state index contributed by atoms with van der Waals surface area (Å²) in [6.45, 7) is 2.25. The zero-order valence-corrected chi connectivity index (χ0v) is 14.7. The molecule has 0 unspecified atom stereocenters. The molecule has 0 aromatic rings. The van der Waals surface area contributed by atoms with Crippen LogP contribution in [0.4, 0.5) is 0 Å². The van der Waals surface area contributed by atoms with E-state index in [1.165, 1.54) is 57.8 Å². The van der Waals surface area contributed by atoms with Crippen LogP contribution in [0.3, 0.4) is 0 Å². The molecule has 0 fully saturated rings. The second kappa shape index (κ2) is 15.1. The quantitative estimate of drug-likeness (QED) is 0.304. The predicted molar refractivity (Wildman–Crippen MR) is 90.1 cm³/mol. The molecule has 0 rings (SSSR count). The molecule has 4 heteroatoms. The molecular weight excluding hydrogens is 299 g/mol. The fraction of sp³-hybridized carbons (Fsp3) is 1.00. The summed E-state index contributed by atoms with van der Waals surface area (Å²) in [6, 6.07) is 0. The summed E-state index contributed by atoms with van der Waals surface area (Å²) >= 11 is 11.5. The van der Waals surface area contributed by atoms with Crippen molar-refractivity contribution in [3.8, 4) is 0 Å². The molecule has 1 nitrogen and oxygen atoms in total. The van der Waals surface area contributed by atoms with E-state index in [2.05, 4.69) is 6.92 Å². The van der Waals surface area contributed by atoms with E-state index in [-0.39, 0.29) is 5.38 Å². The highest BCUT2D eigenvalue weighted by atomic mass is 35.5. The molecule has 0 N–H and O–H groups in total. The molecule has 116 valence electrons. The van der Waals surface area contributed by atoms with E-state index in [1.54, 1.807) is 0 Å². The molecule has 19 heavy (non-hydrogen) atoms. The minimum absolute atomic E-state index is 0.134. The Balaban J connectivity index is 3.16. The highest BCUT2D eigenvalue weighted by Crippen LogP contribution is 2.11. The Labute approximate surface area is 132 Å². The lowest BCUT2D eigenvalue weighted by Crippen LogP contribution is -2.14. The smallest absolute Gasteiger partial charge is 0.0586 e. The van der Waals surface area contributed by atoms with E-state index in [1.807, 2.05) is 0 Å². The molecular formula is C15H30Cl2OS. The van der Waals surface area contributed by atoms with Crippen LogP contribution in [-0.2, 0) is 10.8 Å². The normalized spacial score (nSPS) is 14.5. The van der Waals surface area contributed by atoms with Crippen molar-refractivity contribution >= 4 is 34.0 Å². The lowest BCUT2D eigenvalue weighted by Gasteiger charge is -2.05. The third kappa shape index (κ3) is 14.9. The van der Waals surface area contributed by atoms with E-state index >= 15 is 0 Å². The SMILES string of the molecule is CCCCCCCCCCCC[S@@](=O)C[C@H](Cl)CCl. The Morgan fingerprint density at radius 2 is 1.37 bits per heavy atom. The molecule has 0 aliphatic carbocycles. The van der Waals surface area contributed by atoms with Crippen LogP contribution in [0, 0.1) is 0 Å². The maximum absolute atomic E-state index is 11.6. The van der Waals surface area contributed by atoms with Gasteiger partial charge in [0, 0.05) is 28.2 Å². The standard InChI is InChI=1S/C15H30Cl2OS/c1-2-3-4-5-6-7-8-9-10-11-12-19(18)14-15(17)13-16/h15H,2-14H2,1H3/t15-,19-/m1/s1. The molecule has 0 amide bonds. The van der Waals surface area contributed by atoms with Gasteiger partial charge in [0.15, 0.2) is 0 Å². The van der Waals surface area contributed by atoms with Crippen molar-refractivity contribution in [1.82, 2.24) is 0 Å². The fourth-order valence-corrected chi connectivity index (χ4v) is 3.95. The van der Waals surface area contributed by atoms with Crippen molar-refractivity contribution in [3.05, 3.63) is 0 Å². The summed E-state index contributed by atoms with van der Waals surface area (Å²) in [5, 5.41) is -0.134. The van der Waals surface area contributed by atoms with Gasteiger partial charge >= 0.3 is 0 Å². The number of hydrogen-bond acceptors (Lipinski definition) is 1. The van der Waals surface area contributed by atoms with E-state index in [4.69, 9.17) is 23.2 Å². The van der Waals surface area contributed by atoms with Gasteiger partial charge in [-0.05, 0) is 6.42 Å². The average Bonchev–Trinajstić information content (AvgIpc) is 2.40. The summed E-state index contributed by atoms with van der Waals surface area (Å²) in [5.41, 5.74) is 0. The van der Waals surface area contributed by atoms with Gasteiger partial charge in [0.2, 0.25) is 0 Å². The van der Waals surface area contributed by atoms with Gasteiger partial charge in [-0.1, -0.05) is 64.7 Å². The molecule has 0 saturated carbocycles. The van der Waals surface area contributed by atoms with Crippen molar-refractivity contribution in [1.29, 1.82) is 0 Å². The minimum Gasteiger partial charge on any atom is -0.260 e. The molecule has 0 aliphatic rings. The molecule has 0 heterocycles. The average molecular weight is 329 g/mol. The van der Waals surface area contributed by atoms with Crippen molar-refractivity contribution in [2.24, 2.45) is 0 Å². The molecule has 0 aromatic carbocycles. The molecule has 0 saturated heterocycles.